The maximum absolute atomic E-state index is 12.9. The van der Waals surface area contributed by atoms with Crippen LogP contribution in [-0.4, -0.2) is 22.8 Å². The van der Waals surface area contributed by atoms with Crippen LogP contribution in [0.25, 0.3) is 10.9 Å². The van der Waals surface area contributed by atoms with Gasteiger partial charge in [0, 0.05) is 24.0 Å². The first kappa shape index (κ1) is 15.0. The maximum atomic E-state index is 12.9. The number of nitrogens with zero attached hydrogens (tertiary/aromatic N) is 1. The van der Waals surface area contributed by atoms with Gasteiger partial charge in [0.2, 0.25) is 5.56 Å². The van der Waals surface area contributed by atoms with Gasteiger partial charge >= 0.3 is 0 Å². The molecule has 0 aliphatic carbocycles. The average Bonchev–Trinajstić information content (AvgIpc) is 2.59. The van der Waals surface area contributed by atoms with Crippen LogP contribution >= 0.6 is 0 Å². The number of benzene rings is 2. The number of aromatic amines is 1. The zero-order valence-electron chi connectivity index (χ0n) is 13.1. The molecule has 0 saturated carbocycles. The van der Waals surface area contributed by atoms with Crippen molar-refractivity contribution in [3.8, 4) is 0 Å². The maximum Gasteiger partial charge on any atom is 0.254 e. The summed E-state index contributed by atoms with van der Waals surface area (Å²) < 4.78 is 0. The van der Waals surface area contributed by atoms with Gasteiger partial charge in [0.15, 0.2) is 0 Å². The van der Waals surface area contributed by atoms with Crippen LogP contribution < -0.4 is 5.56 Å². The molecule has 3 aromatic rings. The zero-order chi connectivity index (χ0) is 16.4. The smallest absolute Gasteiger partial charge is 0.254 e. The van der Waals surface area contributed by atoms with Gasteiger partial charge in [-0.05, 0) is 18.6 Å². The summed E-state index contributed by atoms with van der Waals surface area (Å²) in [6.07, 6.45) is 0. The fourth-order valence-electron chi connectivity index (χ4n) is 2.70. The number of amides is 1. The monoisotopic (exact) mass is 306 g/mol. The molecular formula is C19H18N2O2. The zero-order valence-corrected chi connectivity index (χ0v) is 13.1. The summed E-state index contributed by atoms with van der Waals surface area (Å²) in [5, 5.41) is 0.754. The van der Waals surface area contributed by atoms with Gasteiger partial charge in [0.25, 0.3) is 5.91 Å². The number of hydrogen-bond acceptors (Lipinski definition) is 2. The molecule has 4 heteroatoms. The lowest BCUT2D eigenvalue weighted by Gasteiger charge is -2.25. The van der Waals surface area contributed by atoms with Crippen LogP contribution in [0.2, 0.25) is 0 Å². The Balaban J connectivity index is 2.02. The predicted molar refractivity (Wildman–Crippen MR) is 91.5 cm³/mol. The molecule has 0 aliphatic heterocycles. The molecule has 1 amide bonds. The third-order valence-corrected chi connectivity index (χ3v) is 4.16. The van der Waals surface area contributed by atoms with Gasteiger partial charge in [-0.1, -0.05) is 48.5 Å². The summed E-state index contributed by atoms with van der Waals surface area (Å²) in [7, 11) is 1.76. The molecular weight excluding hydrogens is 288 g/mol. The average molecular weight is 306 g/mol. The van der Waals surface area contributed by atoms with Crippen LogP contribution in [0, 0.1) is 0 Å². The summed E-state index contributed by atoms with van der Waals surface area (Å²) in [5.41, 5.74) is 1.88. The van der Waals surface area contributed by atoms with Crippen molar-refractivity contribution in [1.82, 2.24) is 9.88 Å². The Morgan fingerprint density at radius 2 is 1.70 bits per heavy atom. The summed E-state index contributed by atoms with van der Waals surface area (Å²) in [6, 6.07) is 18.5. The largest absolute Gasteiger partial charge is 0.335 e. The van der Waals surface area contributed by atoms with Gasteiger partial charge in [-0.15, -0.1) is 0 Å². The Morgan fingerprint density at radius 3 is 2.43 bits per heavy atom. The summed E-state index contributed by atoms with van der Waals surface area (Å²) in [6.45, 7) is 1.97. The van der Waals surface area contributed by atoms with E-state index >= 15 is 0 Å². The van der Waals surface area contributed by atoms with Crippen LogP contribution in [0.1, 0.15) is 28.9 Å². The van der Waals surface area contributed by atoms with Crippen LogP contribution in [0.15, 0.2) is 65.5 Å². The molecule has 0 aliphatic rings. The minimum absolute atomic E-state index is 0.0817. The molecule has 0 bridgehead atoms. The quantitative estimate of drug-likeness (QED) is 0.806. The molecule has 1 heterocycles. The molecule has 3 rings (SSSR count). The van der Waals surface area contributed by atoms with Gasteiger partial charge in [-0.25, -0.2) is 0 Å². The molecule has 116 valence electrons. The van der Waals surface area contributed by atoms with Gasteiger partial charge in [0.05, 0.1) is 11.6 Å². The number of carbonyl (C=O) groups excluding carboxylic acids is 1. The van der Waals surface area contributed by atoms with Crippen molar-refractivity contribution in [3.63, 3.8) is 0 Å². The first-order valence-corrected chi connectivity index (χ1v) is 7.52. The highest BCUT2D eigenvalue weighted by Crippen LogP contribution is 2.22. The molecule has 2 aromatic carbocycles. The number of nitrogens with one attached hydrogen (secondary N) is 1. The highest BCUT2D eigenvalue weighted by molar-refractivity contribution is 6.05. The lowest BCUT2D eigenvalue weighted by molar-refractivity contribution is 0.0744. The van der Waals surface area contributed by atoms with Crippen molar-refractivity contribution < 1.29 is 4.79 Å². The number of pyridine rings is 1. The van der Waals surface area contributed by atoms with E-state index < -0.39 is 0 Å². The standard InChI is InChI=1S/C19H18N2O2/c1-13(14-8-4-3-5-9-14)21(2)19(23)16-12-18(22)20-17-11-7-6-10-15(16)17/h3-13H,1-2H3,(H,20,22). The Labute approximate surface area is 134 Å². The Bertz CT molecular complexity index is 900. The molecule has 0 spiro atoms. The number of carbonyl (C=O) groups is 1. The van der Waals surface area contributed by atoms with E-state index in [0.29, 0.717) is 11.1 Å². The van der Waals surface area contributed by atoms with Crippen molar-refractivity contribution in [2.75, 3.05) is 7.05 Å². The first-order chi connectivity index (χ1) is 11.1. The van der Waals surface area contributed by atoms with Crippen molar-refractivity contribution in [2.24, 2.45) is 0 Å². The molecule has 0 radical (unpaired) electrons. The Morgan fingerprint density at radius 1 is 1.04 bits per heavy atom. The van der Waals surface area contributed by atoms with E-state index in [1.165, 1.54) is 6.07 Å². The number of hydrogen-bond donors (Lipinski definition) is 1. The van der Waals surface area contributed by atoms with Crippen molar-refractivity contribution in [1.29, 1.82) is 0 Å². The minimum Gasteiger partial charge on any atom is -0.335 e. The number of para-hydroxylation sites is 1. The number of rotatable bonds is 3. The van der Waals surface area contributed by atoms with E-state index in [4.69, 9.17) is 0 Å². The van der Waals surface area contributed by atoms with Gasteiger partial charge in [-0.3, -0.25) is 9.59 Å². The minimum atomic E-state index is -0.271. The van der Waals surface area contributed by atoms with Crippen LogP contribution in [-0.2, 0) is 0 Å². The van der Waals surface area contributed by atoms with E-state index in [2.05, 4.69) is 4.98 Å². The van der Waals surface area contributed by atoms with Crippen LogP contribution in [0.3, 0.4) is 0 Å². The highest BCUT2D eigenvalue weighted by Gasteiger charge is 2.21. The second-order valence-corrected chi connectivity index (χ2v) is 5.60. The Kier molecular flexibility index (Phi) is 3.98. The molecule has 1 aromatic heterocycles. The van der Waals surface area contributed by atoms with Gasteiger partial charge < -0.3 is 9.88 Å². The number of H-pyrrole nitrogens is 1. The van der Waals surface area contributed by atoms with Gasteiger partial charge in [-0.2, -0.15) is 0 Å². The third-order valence-electron chi connectivity index (χ3n) is 4.16. The van der Waals surface area contributed by atoms with E-state index in [1.54, 1.807) is 18.0 Å². The van der Waals surface area contributed by atoms with E-state index in [0.717, 1.165) is 10.9 Å². The summed E-state index contributed by atoms with van der Waals surface area (Å²) >= 11 is 0. The lowest BCUT2D eigenvalue weighted by Crippen LogP contribution is -2.30. The summed E-state index contributed by atoms with van der Waals surface area (Å²) in [5.74, 6) is -0.163. The molecule has 1 atom stereocenters. The normalized spacial score (nSPS) is 12.1. The number of aromatic nitrogens is 1. The number of fused-ring (bicyclic) bond motifs is 1. The summed E-state index contributed by atoms with van der Waals surface area (Å²) in [4.78, 5) is 29.2. The topological polar surface area (TPSA) is 53.2 Å². The van der Waals surface area contributed by atoms with E-state index in [9.17, 15) is 9.59 Å². The van der Waals surface area contributed by atoms with Crippen molar-refractivity contribution in [3.05, 3.63) is 82.1 Å². The van der Waals surface area contributed by atoms with Crippen LogP contribution in [0.5, 0.6) is 0 Å². The van der Waals surface area contributed by atoms with Crippen LogP contribution in [0.4, 0.5) is 0 Å². The van der Waals surface area contributed by atoms with Crippen molar-refractivity contribution in [2.45, 2.75) is 13.0 Å². The molecule has 0 fully saturated rings. The molecule has 23 heavy (non-hydrogen) atoms. The fraction of sp³-hybridized carbons (Fsp3) is 0.158. The molecule has 1 unspecified atom stereocenters. The highest BCUT2D eigenvalue weighted by atomic mass is 16.2. The predicted octanol–water partition coefficient (Wildman–Crippen LogP) is 3.36. The van der Waals surface area contributed by atoms with Crippen molar-refractivity contribution >= 4 is 16.8 Å². The van der Waals surface area contributed by atoms with Gasteiger partial charge in [0.1, 0.15) is 0 Å². The molecule has 1 N–H and O–H groups in total. The fourth-order valence-corrected chi connectivity index (χ4v) is 2.70. The van der Waals surface area contributed by atoms with E-state index in [1.807, 2.05) is 55.5 Å². The second kappa shape index (κ2) is 6.08. The molecule has 4 nitrogen and oxygen atoms in total. The lowest BCUT2D eigenvalue weighted by atomic mass is 10.0. The van der Waals surface area contributed by atoms with E-state index in [-0.39, 0.29) is 17.5 Å². The third kappa shape index (κ3) is 2.88. The molecule has 0 saturated heterocycles. The first-order valence-electron chi connectivity index (χ1n) is 7.52. The SMILES string of the molecule is CC(c1ccccc1)N(C)C(=O)c1cc(=O)[nH]c2ccccc12. The second-order valence-electron chi connectivity index (χ2n) is 5.60. The Hall–Kier alpha value is -2.88.